The first kappa shape index (κ1) is 27.5. The van der Waals surface area contributed by atoms with Gasteiger partial charge >= 0.3 is 0 Å². The molecule has 0 saturated carbocycles. The number of thioether (sulfide) groups is 1. The van der Waals surface area contributed by atoms with Crippen molar-refractivity contribution in [2.45, 2.75) is 57.5 Å². The molecule has 0 aromatic heterocycles. The van der Waals surface area contributed by atoms with Crippen molar-refractivity contribution >= 4 is 23.6 Å². The Morgan fingerprint density at radius 1 is 0.861 bits per heavy atom. The van der Waals surface area contributed by atoms with Gasteiger partial charge in [-0.2, -0.15) is 11.8 Å². The fraction of sp³-hybridized carbons (Fsp3) is 0.333. The molecule has 6 heteroatoms. The van der Waals surface area contributed by atoms with Crippen LogP contribution in [-0.4, -0.2) is 34.0 Å². The lowest BCUT2D eigenvalue weighted by Gasteiger charge is -2.34. The number of rotatable bonds is 11. The van der Waals surface area contributed by atoms with Crippen molar-refractivity contribution in [1.82, 2.24) is 10.2 Å². The molecule has 36 heavy (non-hydrogen) atoms. The summed E-state index contributed by atoms with van der Waals surface area (Å²) in [6.45, 7) is 6.02. The quantitative estimate of drug-likeness (QED) is 0.324. The molecular formula is C30H35FN2O2S. The zero-order chi connectivity index (χ0) is 26.0. The predicted molar refractivity (Wildman–Crippen MR) is 146 cm³/mol. The maximum absolute atomic E-state index is 13.6. The molecule has 0 bridgehead atoms. The Labute approximate surface area is 218 Å². The van der Waals surface area contributed by atoms with E-state index in [2.05, 4.69) is 17.4 Å². The van der Waals surface area contributed by atoms with E-state index in [0.29, 0.717) is 18.6 Å². The van der Waals surface area contributed by atoms with Crippen molar-refractivity contribution in [1.29, 1.82) is 0 Å². The Kier molecular flexibility index (Phi) is 10.1. The molecule has 0 saturated heterocycles. The Morgan fingerprint density at radius 3 is 2.03 bits per heavy atom. The average molecular weight is 507 g/mol. The number of hydrogen-bond donors (Lipinski definition) is 1. The number of carbonyl (C=O) groups excluding carboxylic acids is 2. The summed E-state index contributed by atoms with van der Waals surface area (Å²) in [5, 5.41) is 3.06. The van der Waals surface area contributed by atoms with E-state index in [9.17, 15) is 14.0 Å². The van der Waals surface area contributed by atoms with Gasteiger partial charge in [0.2, 0.25) is 11.8 Å². The van der Waals surface area contributed by atoms with Crippen LogP contribution in [0.3, 0.4) is 0 Å². The van der Waals surface area contributed by atoms with Crippen molar-refractivity contribution < 1.29 is 14.0 Å². The minimum Gasteiger partial charge on any atom is -0.350 e. The largest absolute Gasteiger partial charge is 0.350 e. The molecule has 0 aliphatic carbocycles. The van der Waals surface area contributed by atoms with Crippen molar-refractivity contribution in [2.75, 3.05) is 5.75 Å². The summed E-state index contributed by atoms with van der Waals surface area (Å²) in [4.78, 5) is 28.7. The second-order valence-corrected chi connectivity index (χ2v) is 11.0. The Hall–Kier alpha value is -3.12. The zero-order valence-electron chi connectivity index (χ0n) is 21.2. The van der Waals surface area contributed by atoms with E-state index in [4.69, 9.17) is 0 Å². The van der Waals surface area contributed by atoms with Gasteiger partial charge in [-0.15, -0.1) is 0 Å². The van der Waals surface area contributed by atoms with Gasteiger partial charge in [0.05, 0.1) is 0 Å². The highest BCUT2D eigenvalue weighted by atomic mass is 32.2. The van der Waals surface area contributed by atoms with E-state index in [1.165, 1.54) is 17.7 Å². The van der Waals surface area contributed by atoms with E-state index < -0.39 is 11.6 Å². The van der Waals surface area contributed by atoms with Crippen LogP contribution in [0.2, 0.25) is 0 Å². The molecule has 190 valence electrons. The molecule has 1 atom stereocenters. The maximum Gasteiger partial charge on any atom is 0.243 e. The van der Waals surface area contributed by atoms with Gasteiger partial charge in [0.25, 0.3) is 0 Å². The fourth-order valence-corrected chi connectivity index (χ4v) is 4.75. The third-order valence-electron chi connectivity index (χ3n) is 5.61. The molecule has 0 aliphatic heterocycles. The van der Waals surface area contributed by atoms with Gasteiger partial charge in [-0.25, -0.2) is 4.39 Å². The maximum atomic E-state index is 13.6. The van der Waals surface area contributed by atoms with Gasteiger partial charge in [0.15, 0.2) is 0 Å². The van der Waals surface area contributed by atoms with Crippen LogP contribution in [0.1, 0.15) is 43.9 Å². The highest BCUT2D eigenvalue weighted by molar-refractivity contribution is 7.98. The molecule has 4 nitrogen and oxygen atoms in total. The summed E-state index contributed by atoms with van der Waals surface area (Å²) in [5.41, 5.74) is 2.53. The molecule has 0 radical (unpaired) electrons. The topological polar surface area (TPSA) is 49.4 Å². The van der Waals surface area contributed by atoms with Gasteiger partial charge in [-0.05, 0) is 49.6 Å². The molecule has 0 unspecified atom stereocenters. The minimum atomic E-state index is -0.691. The van der Waals surface area contributed by atoms with Crippen molar-refractivity contribution in [3.8, 4) is 0 Å². The van der Waals surface area contributed by atoms with Crippen LogP contribution < -0.4 is 5.32 Å². The van der Waals surface area contributed by atoms with Crippen molar-refractivity contribution in [3.63, 3.8) is 0 Å². The van der Waals surface area contributed by atoms with Gasteiger partial charge in [0.1, 0.15) is 11.9 Å². The number of hydrogen-bond acceptors (Lipinski definition) is 3. The van der Waals surface area contributed by atoms with Crippen molar-refractivity contribution in [2.24, 2.45) is 0 Å². The summed E-state index contributed by atoms with van der Waals surface area (Å²) < 4.78 is 13.5. The summed E-state index contributed by atoms with van der Waals surface area (Å²) >= 11 is 1.70. The Bertz CT molecular complexity index is 1100. The SMILES string of the molecule is CC(C)(C)NC(=O)[C@H](Cc1ccccc1)N(Cc1ccc(F)cc1)C(=O)CCSCc1ccccc1. The second kappa shape index (κ2) is 13.3. The fourth-order valence-electron chi connectivity index (χ4n) is 3.86. The molecule has 1 N–H and O–H groups in total. The molecule has 2 amide bonds. The van der Waals surface area contributed by atoms with Crippen LogP contribution in [0.4, 0.5) is 4.39 Å². The summed E-state index contributed by atoms with van der Waals surface area (Å²) in [6.07, 6.45) is 0.708. The third-order valence-corrected chi connectivity index (χ3v) is 6.64. The normalized spacial score (nSPS) is 12.1. The number of nitrogens with zero attached hydrogens (tertiary/aromatic N) is 1. The van der Waals surface area contributed by atoms with Crippen LogP contribution in [0, 0.1) is 5.82 Å². The van der Waals surface area contributed by atoms with Crippen LogP contribution in [0.15, 0.2) is 84.9 Å². The molecule has 3 aromatic carbocycles. The first-order valence-corrected chi connectivity index (χ1v) is 13.4. The van der Waals surface area contributed by atoms with E-state index in [1.807, 2.05) is 69.3 Å². The highest BCUT2D eigenvalue weighted by Crippen LogP contribution is 2.19. The minimum absolute atomic E-state index is 0.0927. The monoisotopic (exact) mass is 506 g/mol. The van der Waals surface area contributed by atoms with E-state index in [-0.39, 0.29) is 24.2 Å². The molecule has 0 heterocycles. The van der Waals surface area contributed by atoms with Gasteiger partial charge < -0.3 is 10.2 Å². The van der Waals surface area contributed by atoms with Crippen LogP contribution in [-0.2, 0) is 28.3 Å². The predicted octanol–water partition coefficient (Wildman–Crippen LogP) is 6.00. The first-order valence-electron chi connectivity index (χ1n) is 12.2. The van der Waals surface area contributed by atoms with Gasteiger partial charge in [-0.3, -0.25) is 9.59 Å². The third kappa shape index (κ3) is 9.15. The number of halogens is 1. The molecule has 3 rings (SSSR count). The lowest BCUT2D eigenvalue weighted by molar-refractivity contribution is -0.141. The van der Waals surface area contributed by atoms with E-state index >= 15 is 0 Å². The zero-order valence-corrected chi connectivity index (χ0v) is 22.1. The van der Waals surface area contributed by atoms with Crippen LogP contribution >= 0.6 is 11.8 Å². The number of amides is 2. The summed E-state index contributed by atoms with van der Waals surface area (Å²) in [5.74, 6) is 0.847. The first-order chi connectivity index (χ1) is 17.2. The molecule has 3 aromatic rings. The summed E-state index contributed by atoms with van der Waals surface area (Å²) in [6, 6.07) is 25.3. The van der Waals surface area contributed by atoms with Gasteiger partial charge in [-0.1, -0.05) is 72.8 Å². The molecule has 0 fully saturated rings. The lowest BCUT2D eigenvalue weighted by Crippen LogP contribution is -2.54. The molecule has 0 spiro atoms. The molecule has 0 aliphatic rings. The second-order valence-electron chi connectivity index (χ2n) is 9.88. The van der Waals surface area contributed by atoms with Crippen molar-refractivity contribution in [3.05, 3.63) is 107 Å². The van der Waals surface area contributed by atoms with Crippen LogP contribution in [0.25, 0.3) is 0 Å². The lowest BCUT2D eigenvalue weighted by atomic mass is 10.0. The number of carbonyl (C=O) groups is 2. The highest BCUT2D eigenvalue weighted by Gasteiger charge is 2.32. The van der Waals surface area contributed by atoms with E-state index in [1.54, 1.807) is 28.8 Å². The smallest absolute Gasteiger partial charge is 0.243 e. The standard InChI is InChI=1S/C30H35FN2O2S/c1-30(2,3)32-29(35)27(20-23-10-6-4-7-11-23)33(21-24-14-16-26(31)17-15-24)28(34)18-19-36-22-25-12-8-5-9-13-25/h4-17,27H,18-22H2,1-3H3,(H,32,35)/t27-/m0/s1. The number of nitrogens with one attached hydrogen (secondary N) is 1. The summed E-state index contributed by atoms with van der Waals surface area (Å²) in [7, 11) is 0. The average Bonchev–Trinajstić information content (AvgIpc) is 2.85. The number of benzene rings is 3. The Balaban J connectivity index is 1.81. The molecular weight excluding hydrogens is 471 g/mol. The van der Waals surface area contributed by atoms with Gasteiger partial charge in [0, 0.05) is 36.4 Å². The Morgan fingerprint density at radius 2 is 1.44 bits per heavy atom. The van der Waals surface area contributed by atoms with E-state index in [0.717, 1.165) is 16.9 Å². The van der Waals surface area contributed by atoms with Crippen LogP contribution in [0.5, 0.6) is 0 Å².